The van der Waals surface area contributed by atoms with Crippen molar-refractivity contribution < 1.29 is 9.59 Å². The van der Waals surface area contributed by atoms with Crippen LogP contribution in [0.2, 0.25) is 0 Å². The minimum absolute atomic E-state index is 0.0532. The summed E-state index contributed by atoms with van der Waals surface area (Å²) >= 11 is 0. The van der Waals surface area contributed by atoms with Crippen molar-refractivity contribution in [3.05, 3.63) is 64.2 Å². The zero-order valence-electron chi connectivity index (χ0n) is 18.3. The molecule has 0 spiro atoms. The predicted octanol–water partition coefficient (Wildman–Crippen LogP) is 3.46. The molecule has 32 heavy (non-hydrogen) atoms. The third kappa shape index (κ3) is 3.57. The molecular formula is C25H26N4O3. The highest BCUT2D eigenvalue weighted by atomic mass is 16.2. The average Bonchev–Trinajstić information content (AvgIpc) is 3.41. The van der Waals surface area contributed by atoms with Gasteiger partial charge in [0.05, 0.1) is 16.8 Å². The molecule has 1 saturated heterocycles. The summed E-state index contributed by atoms with van der Waals surface area (Å²) in [4.78, 5) is 44.6. The van der Waals surface area contributed by atoms with Crippen LogP contribution in [0.25, 0.3) is 10.9 Å². The lowest BCUT2D eigenvalue weighted by Crippen LogP contribution is -2.28. The molecule has 0 saturated carbocycles. The van der Waals surface area contributed by atoms with Gasteiger partial charge < -0.3 is 10.2 Å². The van der Waals surface area contributed by atoms with Crippen LogP contribution in [0.5, 0.6) is 0 Å². The molecule has 0 bridgehead atoms. The maximum absolute atomic E-state index is 12.9. The Morgan fingerprint density at radius 3 is 2.81 bits per heavy atom. The number of fused-ring (bicyclic) bond motifs is 2. The fourth-order valence-corrected chi connectivity index (χ4v) is 4.59. The van der Waals surface area contributed by atoms with Crippen molar-refractivity contribution in [3.63, 3.8) is 0 Å². The van der Waals surface area contributed by atoms with Gasteiger partial charge in [-0.1, -0.05) is 26.0 Å². The van der Waals surface area contributed by atoms with Crippen molar-refractivity contribution in [2.24, 2.45) is 5.92 Å². The molecular weight excluding hydrogens is 404 g/mol. The Bertz CT molecular complexity index is 1290. The molecule has 7 nitrogen and oxygen atoms in total. The van der Waals surface area contributed by atoms with Gasteiger partial charge in [0, 0.05) is 37.3 Å². The fraction of sp³-hybridized carbons (Fsp3) is 0.360. The number of aromatic nitrogens is 2. The number of aryl methyl sites for hydroxylation is 1. The van der Waals surface area contributed by atoms with Crippen LogP contribution >= 0.6 is 0 Å². The van der Waals surface area contributed by atoms with Gasteiger partial charge in [-0.05, 0) is 48.2 Å². The molecule has 7 heteroatoms. The maximum Gasteiger partial charge on any atom is 0.261 e. The highest BCUT2D eigenvalue weighted by Gasteiger charge is 2.35. The molecule has 0 radical (unpaired) electrons. The Morgan fingerprint density at radius 2 is 2.00 bits per heavy atom. The van der Waals surface area contributed by atoms with Crippen molar-refractivity contribution in [3.8, 4) is 0 Å². The second-order valence-corrected chi connectivity index (χ2v) is 8.96. The molecule has 2 aromatic carbocycles. The number of nitrogens with zero attached hydrogens (tertiary/aromatic N) is 3. The van der Waals surface area contributed by atoms with Gasteiger partial charge in [-0.25, -0.2) is 4.98 Å². The SMILES string of the molecule is CC(C)c1cccc(N2C[C@H](C(=O)Nc3ccc4nc5n(c(=O)c4c3)CCC5)CC2=O)c1. The minimum Gasteiger partial charge on any atom is -0.326 e. The van der Waals surface area contributed by atoms with Crippen LogP contribution < -0.4 is 15.8 Å². The molecule has 0 aliphatic carbocycles. The van der Waals surface area contributed by atoms with Gasteiger partial charge in [-0.2, -0.15) is 0 Å². The van der Waals surface area contributed by atoms with E-state index in [1.165, 1.54) is 0 Å². The van der Waals surface area contributed by atoms with E-state index in [9.17, 15) is 14.4 Å². The minimum atomic E-state index is -0.444. The van der Waals surface area contributed by atoms with E-state index in [-0.39, 0.29) is 23.8 Å². The standard InChI is InChI=1S/C25H26N4O3/c1-15(2)16-5-3-6-19(11-16)29-14-17(12-23(29)30)24(31)26-18-8-9-21-20(13-18)25(32)28-10-4-7-22(28)27-21/h3,5-6,8-9,11,13,15,17H,4,7,10,12,14H2,1-2H3,(H,26,31)/t17-/m1/s1. The van der Waals surface area contributed by atoms with Gasteiger partial charge >= 0.3 is 0 Å². The summed E-state index contributed by atoms with van der Waals surface area (Å²) in [5, 5.41) is 3.40. The first-order valence-corrected chi connectivity index (χ1v) is 11.2. The summed E-state index contributed by atoms with van der Waals surface area (Å²) in [6, 6.07) is 13.1. The van der Waals surface area contributed by atoms with E-state index >= 15 is 0 Å². The number of benzene rings is 2. The predicted molar refractivity (Wildman–Crippen MR) is 124 cm³/mol. The Morgan fingerprint density at radius 1 is 1.16 bits per heavy atom. The van der Waals surface area contributed by atoms with Crippen LogP contribution in [0.1, 0.15) is 44.0 Å². The van der Waals surface area contributed by atoms with Crippen molar-refractivity contribution >= 4 is 34.1 Å². The zero-order valence-corrected chi connectivity index (χ0v) is 18.3. The number of amides is 2. The molecule has 0 unspecified atom stereocenters. The largest absolute Gasteiger partial charge is 0.326 e. The Labute approximate surface area is 186 Å². The van der Waals surface area contributed by atoms with Crippen LogP contribution in [0.3, 0.4) is 0 Å². The van der Waals surface area contributed by atoms with E-state index in [1.807, 2.05) is 24.3 Å². The first-order valence-electron chi connectivity index (χ1n) is 11.2. The number of carbonyl (C=O) groups excluding carboxylic acids is 2. The number of carbonyl (C=O) groups is 2. The summed E-state index contributed by atoms with van der Waals surface area (Å²) in [7, 11) is 0. The molecule has 164 valence electrons. The lowest BCUT2D eigenvalue weighted by atomic mass is 10.0. The third-order valence-corrected chi connectivity index (χ3v) is 6.43. The first-order chi connectivity index (χ1) is 15.4. The Kier molecular flexibility index (Phi) is 5.04. The van der Waals surface area contributed by atoms with Gasteiger partial charge in [0.25, 0.3) is 5.56 Å². The molecule has 5 rings (SSSR count). The number of anilines is 2. The highest BCUT2D eigenvalue weighted by molar-refractivity contribution is 6.04. The molecule has 3 aromatic rings. The maximum atomic E-state index is 12.9. The summed E-state index contributed by atoms with van der Waals surface area (Å²) in [5.41, 5.74) is 3.12. The van der Waals surface area contributed by atoms with Gasteiger partial charge in [-0.15, -0.1) is 0 Å². The van der Waals surface area contributed by atoms with Gasteiger partial charge in [-0.3, -0.25) is 19.0 Å². The van der Waals surface area contributed by atoms with Gasteiger partial charge in [0.15, 0.2) is 0 Å². The van der Waals surface area contributed by atoms with Crippen molar-refractivity contribution in [2.45, 2.75) is 45.6 Å². The Balaban J connectivity index is 1.34. The second-order valence-electron chi connectivity index (χ2n) is 8.96. The monoisotopic (exact) mass is 430 g/mol. The van der Waals surface area contributed by atoms with Crippen LogP contribution in [-0.2, 0) is 22.6 Å². The molecule has 1 aromatic heterocycles. The van der Waals surface area contributed by atoms with Crippen molar-refractivity contribution in [1.29, 1.82) is 0 Å². The number of nitrogens with one attached hydrogen (secondary N) is 1. The lowest BCUT2D eigenvalue weighted by molar-refractivity contribution is -0.122. The highest BCUT2D eigenvalue weighted by Crippen LogP contribution is 2.29. The average molecular weight is 431 g/mol. The summed E-state index contributed by atoms with van der Waals surface area (Å²) in [6.45, 7) is 5.25. The molecule has 1 atom stereocenters. The number of hydrogen-bond donors (Lipinski definition) is 1. The lowest BCUT2D eigenvalue weighted by Gasteiger charge is -2.18. The van der Waals surface area contributed by atoms with Crippen LogP contribution in [0.15, 0.2) is 47.3 Å². The van der Waals surface area contributed by atoms with E-state index in [4.69, 9.17) is 0 Å². The molecule has 2 amide bonds. The number of hydrogen-bond acceptors (Lipinski definition) is 4. The van der Waals surface area contributed by atoms with E-state index < -0.39 is 5.92 Å². The molecule has 3 heterocycles. The van der Waals surface area contributed by atoms with Gasteiger partial charge in [0.2, 0.25) is 11.8 Å². The normalized spacial score (nSPS) is 17.9. The van der Waals surface area contributed by atoms with Crippen LogP contribution in [0, 0.1) is 5.92 Å². The smallest absolute Gasteiger partial charge is 0.261 e. The summed E-state index contributed by atoms with van der Waals surface area (Å²) in [6.07, 6.45) is 1.91. The van der Waals surface area contributed by atoms with Crippen LogP contribution in [-0.4, -0.2) is 27.9 Å². The Hall–Kier alpha value is -3.48. The fourth-order valence-electron chi connectivity index (χ4n) is 4.59. The molecule has 2 aliphatic heterocycles. The van der Waals surface area contributed by atoms with E-state index in [0.717, 1.165) is 29.9 Å². The van der Waals surface area contributed by atoms with E-state index in [1.54, 1.807) is 27.7 Å². The topological polar surface area (TPSA) is 84.3 Å². The summed E-state index contributed by atoms with van der Waals surface area (Å²) < 4.78 is 1.72. The molecule has 1 fully saturated rings. The second kappa shape index (κ2) is 7.89. The first kappa shape index (κ1) is 20.4. The van der Waals surface area contributed by atoms with Crippen molar-refractivity contribution in [2.75, 3.05) is 16.8 Å². The molecule has 1 N–H and O–H groups in total. The quantitative estimate of drug-likeness (QED) is 0.687. The van der Waals surface area contributed by atoms with Crippen molar-refractivity contribution in [1.82, 2.24) is 9.55 Å². The molecule has 2 aliphatic rings. The number of rotatable bonds is 4. The van der Waals surface area contributed by atoms with E-state index in [0.29, 0.717) is 35.6 Å². The van der Waals surface area contributed by atoms with E-state index in [2.05, 4.69) is 24.1 Å². The summed E-state index contributed by atoms with van der Waals surface area (Å²) in [5.74, 6) is 0.474. The third-order valence-electron chi connectivity index (χ3n) is 6.43. The van der Waals surface area contributed by atoms with Crippen LogP contribution in [0.4, 0.5) is 11.4 Å². The zero-order chi connectivity index (χ0) is 22.4. The van der Waals surface area contributed by atoms with Gasteiger partial charge in [0.1, 0.15) is 5.82 Å².